The first-order valence-electron chi connectivity index (χ1n) is 10.1. The van der Waals surface area contributed by atoms with Gasteiger partial charge < -0.3 is 37.9 Å². The Morgan fingerprint density at radius 2 is 0.688 bits per heavy atom. The van der Waals surface area contributed by atoms with Crippen LogP contribution in [0.1, 0.15) is 27.8 Å². The van der Waals surface area contributed by atoms with Crippen LogP contribution < -0.4 is 0 Å². The van der Waals surface area contributed by atoms with Crippen LogP contribution in [-0.2, 0) is 59.6 Å². The summed E-state index contributed by atoms with van der Waals surface area (Å²) in [6, 6.07) is 28.8. The van der Waals surface area contributed by atoms with Gasteiger partial charge in [0.05, 0.1) is 0 Å². The Balaban J connectivity index is 0.000000401. The molecule has 4 aromatic carbocycles. The van der Waals surface area contributed by atoms with E-state index in [2.05, 4.69) is 34.6 Å². The molecule has 0 saturated carbocycles. The van der Waals surface area contributed by atoms with Crippen molar-refractivity contribution in [2.75, 3.05) is 0 Å². The molecular weight excluding hydrogens is 480 g/mol. The summed E-state index contributed by atoms with van der Waals surface area (Å²) in [6.45, 7) is 11.0. The molecule has 0 unspecified atom stereocenters. The Bertz CT molecular complexity index is 826. The van der Waals surface area contributed by atoms with Gasteiger partial charge in [0, 0.05) is 0 Å². The molecule has 0 bridgehead atoms. The number of benzene rings is 3. The second-order valence-corrected chi connectivity index (χ2v) is 8.48. The molecule has 0 aliphatic heterocycles. The standard InChI is InChI=1S/C10H15.3C6H6S.Ti/c1-6-7(2)9(4)10(5)8(6)3;3*7-6-4-2-1-3-5-6;/h1-5H3;3*1-5,7H;/q-1;;;;+4/p-3. The molecule has 32 heavy (non-hydrogen) atoms. The van der Waals surface area contributed by atoms with Gasteiger partial charge >= 0.3 is 21.7 Å². The van der Waals surface area contributed by atoms with Gasteiger partial charge in [-0.2, -0.15) is 42.5 Å². The van der Waals surface area contributed by atoms with Crippen LogP contribution >= 0.6 is 0 Å². The van der Waals surface area contributed by atoms with Gasteiger partial charge in [0.1, 0.15) is 0 Å². The third-order valence-corrected chi connectivity index (χ3v) is 5.86. The van der Waals surface area contributed by atoms with Crippen LogP contribution in [0.3, 0.4) is 0 Å². The molecular formula is C28H30S3Ti. The maximum Gasteiger partial charge on any atom is 4.00 e. The molecule has 4 rings (SSSR count). The summed E-state index contributed by atoms with van der Waals surface area (Å²) in [5.74, 6) is 0. The van der Waals surface area contributed by atoms with Crippen molar-refractivity contribution >= 4 is 37.9 Å². The number of hydrogen-bond acceptors (Lipinski definition) is 3. The fraction of sp³-hybridized carbons (Fsp3) is 0.179. The SMILES string of the molecule is Cc1c(C)c(C)[c-](C)c1C.[S-]c1ccccc1.[S-]c1ccccc1.[S-]c1ccccc1.[Ti+4]. The molecule has 0 aliphatic carbocycles. The van der Waals surface area contributed by atoms with E-state index in [4.69, 9.17) is 37.9 Å². The topological polar surface area (TPSA) is 0 Å². The molecule has 4 aromatic rings. The Morgan fingerprint density at radius 1 is 0.469 bits per heavy atom. The van der Waals surface area contributed by atoms with Crippen LogP contribution in [0.2, 0.25) is 0 Å². The van der Waals surface area contributed by atoms with Crippen LogP contribution in [0.15, 0.2) is 106 Å². The Morgan fingerprint density at radius 3 is 0.781 bits per heavy atom. The normalized spacial score (nSPS) is 8.91. The minimum Gasteiger partial charge on any atom is -0.780 e. The van der Waals surface area contributed by atoms with E-state index >= 15 is 0 Å². The van der Waals surface area contributed by atoms with Crippen molar-refractivity contribution in [3.05, 3.63) is 119 Å². The molecule has 0 heterocycles. The zero-order chi connectivity index (χ0) is 23.2. The second kappa shape index (κ2) is 16.9. The predicted molar refractivity (Wildman–Crippen MR) is 142 cm³/mol. The van der Waals surface area contributed by atoms with E-state index in [0.29, 0.717) is 0 Å². The van der Waals surface area contributed by atoms with Gasteiger partial charge in [-0.25, -0.2) is 0 Å². The van der Waals surface area contributed by atoms with E-state index in [1.807, 2.05) is 91.0 Å². The maximum absolute atomic E-state index is 4.81. The van der Waals surface area contributed by atoms with Crippen molar-refractivity contribution in [1.82, 2.24) is 0 Å². The minimum absolute atomic E-state index is 0. The van der Waals surface area contributed by atoms with Crippen LogP contribution in [0.25, 0.3) is 0 Å². The fourth-order valence-corrected chi connectivity index (χ4v) is 3.14. The fourth-order valence-electron chi connectivity index (χ4n) is 2.67. The first-order valence-corrected chi connectivity index (χ1v) is 11.3. The Labute approximate surface area is 226 Å². The average molecular weight is 511 g/mol. The molecule has 0 aliphatic rings. The summed E-state index contributed by atoms with van der Waals surface area (Å²) < 4.78 is 0. The summed E-state index contributed by atoms with van der Waals surface area (Å²) in [6.07, 6.45) is 0. The van der Waals surface area contributed by atoms with Gasteiger partial charge in [0.15, 0.2) is 0 Å². The van der Waals surface area contributed by atoms with Gasteiger partial charge in [0.2, 0.25) is 0 Å². The molecule has 0 amide bonds. The third-order valence-electron chi connectivity index (χ3n) is 5.04. The van der Waals surface area contributed by atoms with E-state index in [0.717, 1.165) is 14.7 Å². The first-order chi connectivity index (χ1) is 14.7. The third kappa shape index (κ3) is 11.8. The molecule has 0 spiro atoms. The molecule has 4 heteroatoms. The number of hydrogen-bond donors (Lipinski definition) is 0. The van der Waals surface area contributed by atoms with Crippen molar-refractivity contribution in [3.63, 3.8) is 0 Å². The molecule has 0 atom stereocenters. The summed E-state index contributed by atoms with van der Waals surface area (Å²) in [5.41, 5.74) is 7.34. The van der Waals surface area contributed by atoms with Gasteiger partial charge in [-0.3, -0.25) is 0 Å². The second-order valence-electron chi connectivity index (χ2n) is 7.06. The maximum atomic E-state index is 4.81. The van der Waals surface area contributed by atoms with Crippen molar-refractivity contribution in [2.24, 2.45) is 0 Å². The van der Waals surface area contributed by atoms with Crippen molar-refractivity contribution in [3.8, 4) is 0 Å². The summed E-state index contributed by atoms with van der Waals surface area (Å²) in [4.78, 5) is 2.72. The van der Waals surface area contributed by atoms with Crippen LogP contribution in [-0.4, -0.2) is 0 Å². The van der Waals surface area contributed by atoms with Crippen molar-refractivity contribution in [1.29, 1.82) is 0 Å². The van der Waals surface area contributed by atoms with Crippen molar-refractivity contribution in [2.45, 2.75) is 49.3 Å². The van der Waals surface area contributed by atoms with E-state index in [1.165, 1.54) is 27.8 Å². The van der Waals surface area contributed by atoms with Crippen LogP contribution in [0.5, 0.6) is 0 Å². The smallest absolute Gasteiger partial charge is 0.780 e. The van der Waals surface area contributed by atoms with E-state index in [1.54, 1.807) is 0 Å². The molecule has 164 valence electrons. The van der Waals surface area contributed by atoms with Gasteiger partial charge in [0.25, 0.3) is 0 Å². The molecule has 0 nitrogen and oxygen atoms in total. The zero-order valence-electron chi connectivity index (χ0n) is 19.4. The number of rotatable bonds is 0. The van der Waals surface area contributed by atoms with E-state index in [9.17, 15) is 0 Å². The summed E-state index contributed by atoms with van der Waals surface area (Å²) in [5, 5.41) is 0. The average Bonchev–Trinajstić information content (AvgIpc) is 2.94. The van der Waals surface area contributed by atoms with Gasteiger partial charge in [-0.15, -0.1) is 0 Å². The molecule has 0 aromatic heterocycles. The van der Waals surface area contributed by atoms with E-state index < -0.39 is 0 Å². The summed E-state index contributed by atoms with van der Waals surface area (Å²) in [7, 11) is 0. The monoisotopic (exact) mass is 510 g/mol. The van der Waals surface area contributed by atoms with E-state index in [-0.39, 0.29) is 21.7 Å². The first kappa shape index (κ1) is 30.4. The van der Waals surface area contributed by atoms with Gasteiger partial charge in [-0.05, 0) is 0 Å². The molecule has 0 fully saturated rings. The van der Waals surface area contributed by atoms with Crippen molar-refractivity contribution < 1.29 is 21.7 Å². The molecule has 0 saturated heterocycles. The zero-order valence-corrected chi connectivity index (χ0v) is 23.4. The minimum atomic E-state index is 0. The predicted octanol–water partition coefficient (Wildman–Crippen LogP) is 7.72. The molecule has 0 N–H and O–H groups in total. The largest absolute Gasteiger partial charge is 4.00 e. The van der Waals surface area contributed by atoms with Gasteiger partial charge in [-0.1, -0.05) is 126 Å². The van der Waals surface area contributed by atoms with Crippen LogP contribution in [0.4, 0.5) is 0 Å². The Kier molecular flexibility index (Phi) is 16.1. The molecule has 0 radical (unpaired) electrons. The quantitative estimate of drug-likeness (QED) is 0.135. The summed E-state index contributed by atoms with van der Waals surface area (Å²) >= 11 is 14.4. The van der Waals surface area contributed by atoms with Crippen LogP contribution in [0, 0.1) is 34.6 Å². The Hall–Kier alpha value is -1.62.